The molecule has 1 aromatic carbocycles. The Hall–Kier alpha value is -2.80. The predicted octanol–water partition coefficient (Wildman–Crippen LogP) is 3.96. The van der Waals surface area contributed by atoms with Crippen LogP contribution in [0.3, 0.4) is 0 Å². The zero-order valence-corrected chi connectivity index (χ0v) is 17.8. The lowest BCUT2D eigenvalue weighted by Gasteiger charge is -2.06. The lowest BCUT2D eigenvalue weighted by atomic mass is 10.2. The van der Waals surface area contributed by atoms with Crippen LogP contribution in [0.15, 0.2) is 45.3 Å². The highest BCUT2D eigenvalue weighted by Crippen LogP contribution is 2.29. The van der Waals surface area contributed by atoms with Crippen LogP contribution in [0.1, 0.15) is 11.4 Å². The second kappa shape index (κ2) is 10.2. The van der Waals surface area contributed by atoms with Crippen molar-refractivity contribution in [1.29, 1.82) is 0 Å². The average Bonchev–Trinajstić information content (AvgIpc) is 3.32. The number of aliphatic imine (C=N–C) groups is 1. The van der Waals surface area contributed by atoms with E-state index in [-0.39, 0.29) is 23.5 Å². The summed E-state index contributed by atoms with van der Waals surface area (Å²) in [5, 5.41) is 8.50. The maximum atomic E-state index is 13.3. The molecule has 0 saturated heterocycles. The molecule has 3 N–H and O–H groups in total. The van der Waals surface area contributed by atoms with Gasteiger partial charge in [0.05, 0.1) is 11.1 Å². The van der Waals surface area contributed by atoms with E-state index in [1.807, 2.05) is 6.07 Å². The van der Waals surface area contributed by atoms with Gasteiger partial charge >= 0.3 is 6.18 Å². The van der Waals surface area contributed by atoms with Crippen molar-refractivity contribution in [2.45, 2.75) is 23.8 Å². The molecule has 2 aromatic heterocycles. The van der Waals surface area contributed by atoms with Gasteiger partial charge in [0.25, 0.3) is 12.0 Å². The van der Waals surface area contributed by atoms with E-state index in [0.717, 1.165) is 39.2 Å². The maximum Gasteiger partial charge on any atom is 0.433 e. The summed E-state index contributed by atoms with van der Waals surface area (Å²) < 4.78 is 51.6. The molecule has 0 amide bonds. The highest BCUT2D eigenvalue weighted by molar-refractivity contribution is 8.16. The highest BCUT2D eigenvalue weighted by atomic mass is 32.2. The standard InChI is InChI=1S/C18H14F4N4OS2.CH2O2/c19-10-2-1-9-3-11(23-13(9)4-10)5-12-7-28-16(24-12)8-29-17-25-14(18(20,21)22)6-15(27)26-17;2-1-3/h1-4,6,12,23H,5,7-8H2,(H,25,26,27);1H,(H,2,3). The number of thioether (sulfide) groups is 2. The maximum absolute atomic E-state index is 13.3. The average molecular weight is 488 g/mol. The first-order chi connectivity index (χ1) is 15.2. The molecule has 0 saturated carbocycles. The summed E-state index contributed by atoms with van der Waals surface area (Å²) in [4.78, 5) is 33.4. The number of nitrogens with zero attached hydrogens (tertiary/aromatic N) is 2. The molecular formula is C19H16F4N4O3S2. The summed E-state index contributed by atoms with van der Waals surface area (Å²) >= 11 is 2.53. The number of carboxylic acid groups (broad SMARTS) is 1. The van der Waals surface area contributed by atoms with Gasteiger partial charge in [-0.25, -0.2) is 9.37 Å². The summed E-state index contributed by atoms with van der Waals surface area (Å²) in [5.41, 5.74) is -0.385. The Balaban J connectivity index is 0.000000913. The number of rotatable bonds is 5. The van der Waals surface area contributed by atoms with E-state index in [1.165, 1.54) is 23.9 Å². The predicted molar refractivity (Wildman–Crippen MR) is 115 cm³/mol. The lowest BCUT2D eigenvalue weighted by Crippen LogP contribution is -2.17. The van der Waals surface area contributed by atoms with Crippen molar-refractivity contribution >= 4 is 45.9 Å². The molecular weight excluding hydrogens is 472 g/mol. The number of halogens is 4. The van der Waals surface area contributed by atoms with Gasteiger partial charge in [-0.2, -0.15) is 13.2 Å². The fourth-order valence-electron chi connectivity index (χ4n) is 2.96. The van der Waals surface area contributed by atoms with Crippen LogP contribution in [0, 0.1) is 5.82 Å². The Bertz CT molecular complexity index is 1190. The van der Waals surface area contributed by atoms with Crippen molar-refractivity contribution in [1.82, 2.24) is 15.0 Å². The molecule has 0 radical (unpaired) electrons. The number of nitrogens with one attached hydrogen (secondary N) is 2. The second-order valence-corrected chi connectivity index (χ2v) is 8.60. The molecule has 4 rings (SSSR count). The fourth-order valence-corrected chi connectivity index (χ4v) is 4.94. The van der Waals surface area contributed by atoms with Crippen molar-refractivity contribution in [2.24, 2.45) is 4.99 Å². The number of aromatic nitrogens is 3. The number of fused-ring (bicyclic) bond motifs is 1. The Labute approximate surface area is 186 Å². The fraction of sp³-hybridized carbons (Fsp3) is 0.263. The number of aromatic amines is 2. The Morgan fingerprint density at radius 1 is 1.25 bits per heavy atom. The molecule has 1 unspecified atom stereocenters. The van der Waals surface area contributed by atoms with Gasteiger partial charge in [0, 0.05) is 35.2 Å². The van der Waals surface area contributed by atoms with Crippen LogP contribution in [0.5, 0.6) is 0 Å². The van der Waals surface area contributed by atoms with E-state index < -0.39 is 17.4 Å². The van der Waals surface area contributed by atoms with E-state index in [9.17, 15) is 22.4 Å². The molecule has 0 aliphatic carbocycles. The second-order valence-electron chi connectivity index (χ2n) is 6.55. The third-order valence-corrected chi connectivity index (χ3v) is 6.41. The third kappa shape index (κ3) is 6.36. The largest absolute Gasteiger partial charge is 0.483 e. The summed E-state index contributed by atoms with van der Waals surface area (Å²) in [6.45, 7) is -0.250. The molecule has 170 valence electrons. The van der Waals surface area contributed by atoms with Crippen LogP contribution in [0.4, 0.5) is 17.6 Å². The van der Waals surface area contributed by atoms with Crippen molar-refractivity contribution in [2.75, 3.05) is 11.5 Å². The van der Waals surface area contributed by atoms with Gasteiger partial charge in [0.1, 0.15) is 5.82 Å². The number of hydrogen-bond donors (Lipinski definition) is 3. The van der Waals surface area contributed by atoms with Crippen molar-refractivity contribution in [3.05, 3.63) is 57.9 Å². The summed E-state index contributed by atoms with van der Waals surface area (Å²) in [5.74, 6) is 0.760. The van der Waals surface area contributed by atoms with Gasteiger partial charge in [0.15, 0.2) is 10.9 Å². The van der Waals surface area contributed by atoms with Gasteiger partial charge in [-0.05, 0) is 29.7 Å². The quantitative estimate of drug-likeness (QED) is 0.217. The number of alkyl halides is 3. The first-order valence-corrected chi connectivity index (χ1v) is 11.0. The molecule has 7 nitrogen and oxygen atoms in total. The van der Waals surface area contributed by atoms with Crippen molar-refractivity contribution in [3.63, 3.8) is 0 Å². The SMILES string of the molecule is O=CO.O=c1cc(C(F)(F)F)nc(SCC2=NC(Cc3cc4ccc(F)cc4[nH]3)CS2)[nH]1. The molecule has 0 spiro atoms. The van der Waals surface area contributed by atoms with E-state index in [0.29, 0.717) is 18.2 Å². The highest BCUT2D eigenvalue weighted by Gasteiger charge is 2.33. The zero-order valence-electron chi connectivity index (χ0n) is 16.1. The first-order valence-electron chi connectivity index (χ1n) is 9.03. The normalized spacial score (nSPS) is 15.9. The number of carbonyl (C=O) groups is 1. The van der Waals surface area contributed by atoms with Gasteiger partial charge < -0.3 is 15.1 Å². The Morgan fingerprint density at radius 2 is 2.00 bits per heavy atom. The van der Waals surface area contributed by atoms with Gasteiger partial charge in [-0.3, -0.25) is 14.6 Å². The van der Waals surface area contributed by atoms with Gasteiger partial charge in [-0.1, -0.05) is 11.8 Å². The molecule has 1 aliphatic heterocycles. The molecule has 0 fully saturated rings. The zero-order chi connectivity index (χ0) is 23.3. The summed E-state index contributed by atoms with van der Waals surface area (Å²) in [7, 11) is 0. The smallest absolute Gasteiger partial charge is 0.433 e. The lowest BCUT2D eigenvalue weighted by molar-refractivity contribution is -0.141. The minimum atomic E-state index is -4.67. The molecule has 1 atom stereocenters. The van der Waals surface area contributed by atoms with Crippen LogP contribution in [-0.2, 0) is 17.4 Å². The molecule has 32 heavy (non-hydrogen) atoms. The van der Waals surface area contributed by atoms with Crippen LogP contribution in [-0.4, -0.2) is 49.1 Å². The van der Waals surface area contributed by atoms with Crippen molar-refractivity contribution < 1.29 is 27.5 Å². The van der Waals surface area contributed by atoms with Gasteiger partial charge in [0.2, 0.25) is 0 Å². The Kier molecular flexibility index (Phi) is 7.61. The molecule has 3 aromatic rings. The van der Waals surface area contributed by atoms with Gasteiger partial charge in [-0.15, -0.1) is 11.8 Å². The molecule has 13 heteroatoms. The number of benzene rings is 1. The van der Waals surface area contributed by atoms with E-state index >= 15 is 0 Å². The first kappa shape index (κ1) is 23.9. The van der Waals surface area contributed by atoms with Crippen LogP contribution in [0.25, 0.3) is 10.9 Å². The Morgan fingerprint density at radius 3 is 2.72 bits per heavy atom. The molecule has 1 aliphatic rings. The summed E-state index contributed by atoms with van der Waals surface area (Å²) in [6.07, 6.45) is -4.02. The van der Waals surface area contributed by atoms with E-state index in [1.54, 1.807) is 6.07 Å². The monoisotopic (exact) mass is 488 g/mol. The molecule has 3 heterocycles. The van der Waals surface area contributed by atoms with E-state index in [2.05, 4.69) is 19.9 Å². The third-order valence-electron chi connectivity index (χ3n) is 4.21. The topological polar surface area (TPSA) is 111 Å². The summed E-state index contributed by atoms with van der Waals surface area (Å²) in [6, 6.07) is 6.97. The minimum Gasteiger partial charge on any atom is -0.483 e. The van der Waals surface area contributed by atoms with Crippen LogP contribution in [0.2, 0.25) is 0 Å². The van der Waals surface area contributed by atoms with Crippen molar-refractivity contribution in [3.8, 4) is 0 Å². The number of H-pyrrole nitrogens is 2. The number of hydrogen-bond acceptors (Lipinski definition) is 6. The minimum absolute atomic E-state index is 0.0158. The molecule has 0 bridgehead atoms. The van der Waals surface area contributed by atoms with Crippen LogP contribution >= 0.6 is 23.5 Å². The van der Waals surface area contributed by atoms with Crippen LogP contribution < -0.4 is 5.56 Å². The van der Waals surface area contributed by atoms with E-state index in [4.69, 9.17) is 9.90 Å².